The van der Waals surface area contributed by atoms with Crippen molar-refractivity contribution in [2.45, 2.75) is 0 Å². The molecule has 6 heteroatoms. The minimum Gasteiger partial charge on any atom is -0.497 e. The van der Waals surface area contributed by atoms with E-state index in [1.807, 2.05) is 43.3 Å². The molecule has 2 aromatic carbocycles. The van der Waals surface area contributed by atoms with Gasteiger partial charge in [0.1, 0.15) is 17.2 Å². The first kappa shape index (κ1) is 16.5. The fourth-order valence-electron chi connectivity index (χ4n) is 3.10. The summed E-state index contributed by atoms with van der Waals surface area (Å²) in [6.07, 6.45) is 0. The predicted octanol–water partition coefficient (Wildman–Crippen LogP) is 3.68. The summed E-state index contributed by atoms with van der Waals surface area (Å²) in [7, 11) is 5.31. The van der Waals surface area contributed by atoms with E-state index in [4.69, 9.17) is 16.3 Å². The lowest BCUT2D eigenvalue weighted by atomic mass is 9.84. The van der Waals surface area contributed by atoms with Crippen LogP contribution in [-0.2, 0) is 0 Å². The molecule has 0 saturated carbocycles. The Bertz CT molecular complexity index is 1040. The largest absolute Gasteiger partial charge is 0.497 e. The molecule has 0 fully saturated rings. The summed E-state index contributed by atoms with van der Waals surface area (Å²) in [5, 5.41) is 0.437. The van der Waals surface area contributed by atoms with Crippen LogP contribution in [0.5, 0.6) is 5.75 Å². The van der Waals surface area contributed by atoms with Crippen molar-refractivity contribution in [3.63, 3.8) is 0 Å². The lowest BCUT2D eigenvalue weighted by molar-refractivity contribution is 0.105. The van der Waals surface area contributed by atoms with Gasteiger partial charge in [0, 0.05) is 30.8 Å². The Morgan fingerprint density at radius 1 is 1.00 bits per heavy atom. The van der Waals surface area contributed by atoms with Gasteiger partial charge in [-0.05, 0) is 18.2 Å². The molecular formula is C20H16ClN3O2. The number of allylic oxidation sites excluding steroid dienone is 2. The predicted molar refractivity (Wildman–Crippen MR) is 103 cm³/mol. The summed E-state index contributed by atoms with van der Waals surface area (Å²) in [5.41, 5.74) is 3.74. The van der Waals surface area contributed by atoms with Gasteiger partial charge in [0.25, 0.3) is 0 Å². The van der Waals surface area contributed by atoms with E-state index in [0.29, 0.717) is 44.8 Å². The lowest BCUT2D eigenvalue weighted by Gasteiger charge is -2.20. The van der Waals surface area contributed by atoms with E-state index >= 15 is 0 Å². The Hall–Kier alpha value is -2.92. The molecule has 0 unspecified atom stereocenters. The molecule has 0 saturated heterocycles. The van der Waals surface area contributed by atoms with Gasteiger partial charge in [-0.3, -0.25) is 4.79 Å². The number of aliphatic imine (C=N–C) groups is 2. The van der Waals surface area contributed by atoms with Crippen molar-refractivity contribution in [2.75, 3.05) is 21.2 Å². The number of hydrogen-bond donors (Lipinski definition) is 0. The Morgan fingerprint density at radius 2 is 1.73 bits per heavy atom. The van der Waals surface area contributed by atoms with Crippen LogP contribution in [0.3, 0.4) is 0 Å². The van der Waals surface area contributed by atoms with Gasteiger partial charge in [-0.15, -0.1) is 0 Å². The molecule has 1 aliphatic carbocycles. The van der Waals surface area contributed by atoms with Crippen LogP contribution in [0.2, 0.25) is 5.02 Å². The van der Waals surface area contributed by atoms with Gasteiger partial charge in [0.15, 0.2) is 5.78 Å². The molecular weight excluding hydrogens is 350 g/mol. The fraction of sp³-hybridized carbons (Fsp3) is 0.150. The van der Waals surface area contributed by atoms with E-state index in [0.717, 1.165) is 5.56 Å². The summed E-state index contributed by atoms with van der Waals surface area (Å²) in [4.78, 5) is 24.3. The molecule has 2 aromatic rings. The maximum atomic E-state index is 13.3. The molecule has 0 amide bonds. The first-order valence-electron chi connectivity index (χ1n) is 8.08. The van der Waals surface area contributed by atoms with E-state index in [9.17, 15) is 4.79 Å². The number of ether oxygens (including phenoxy) is 1. The van der Waals surface area contributed by atoms with E-state index in [1.165, 1.54) is 0 Å². The van der Waals surface area contributed by atoms with Gasteiger partial charge in [-0.1, -0.05) is 35.9 Å². The molecule has 4 rings (SSSR count). The molecule has 0 aromatic heterocycles. The number of benzene rings is 2. The number of rotatable bonds is 2. The van der Waals surface area contributed by atoms with Gasteiger partial charge in [-0.25, -0.2) is 9.98 Å². The average molecular weight is 366 g/mol. The third-order valence-electron chi connectivity index (χ3n) is 4.38. The highest BCUT2D eigenvalue weighted by Gasteiger charge is 2.35. The van der Waals surface area contributed by atoms with Crippen LogP contribution in [0.15, 0.2) is 58.1 Å². The van der Waals surface area contributed by atoms with Crippen molar-refractivity contribution in [1.29, 1.82) is 0 Å². The van der Waals surface area contributed by atoms with Gasteiger partial charge >= 0.3 is 0 Å². The maximum Gasteiger partial charge on any atom is 0.226 e. The number of methoxy groups -OCH3 is 1. The van der Waals surface area contributed by atoms with E-state index in [-0.39, 0.29) is 5.78 Å². The zero-order valence-corrected chi connectivity index (χ0v) is 15.3. The fourth-order valence-corrected chi connectivity index (χ4v) is 3.36. The van der Waals surface area contributed by atoms with Crippen molar-refractivity contribution in [2.24, 2.45) is 9.98 Å². The average Bonchev–Trinajstić information content (AvgIpc) is 3.08. The molecule has 0 atom stereocenters. The molecule has 1 aliphatic heterocycles. The minimum absolute atomic E-state index is 0.106. The number of guanidine groups is 1. The topological polar surface area (TPSA) is 54.3 Å². The highest BCUT2D eigenvalue weighted by Crippen LogP contribution is 2.39. The summed E-state index contributed by atoms with van der Waals surface area (Å²) < 4.78 is 5.21. The lowest BCUT2D eigenvalue weighted by Crippen LogP contribution is -2.20. The van der Waals surface area contributed by atoms with Crippen LogP contribution in [-0.4, -0.2) is 43.6 Å². The van der Waals surface area contributed by atoms with Crippen molar-refractivity contribution < 1.29 is 9.53 Å². The van der Waals surface area contributed by atoms with Crippen molar-refractivity contribution in [1.82, 2.24) is 4.90 Å². The van der Waals surface area contributed by atoms with Crippen molar-refractivity contribution in [3.05, 3.63) is 69.9 Å². The van der Waals surface area contributed by atoms with Crippen molar-refractivity contribution >= 4 is 34.6 Å². The second-order valence-corrected chi connectivity index (χ2v) is 6.62. The van der Waals surface area contributed by atoms with E-state index < -0.39 is 0 Å². The normalized spacial score (nSPS) is 15.3. The smallest absolute Gasteiger partial charge is 0.226 e. The molecule has 0 bridgehead atoms. The number of hydrogen-bond acceptors (Lipinski definition) is 5. The monoisotopic (exact) mass is 365 g/mol. The number of fused-ring (bicyclic) bond motifs is 3. The Morgan fingerprint density at radius 3 is 2.38 bits per heavy atom. The zero-order chi connectivity index (χ0) is 18.4. The summed E-state index contributed by atoms with van der Waals surface area (Å²) >= 11 is 6.46. The van der Waals surface area contributed by atoms with Crippen LogP contribution in [0.4, 0.5) is 0 Å². The molecule has 26 heavy (non-hydrogen) atoms. The third kappa shape index (κ3) is 2.44. The second-order valence-electron chi connectivity index (χ2n) is 6.21. The van der Waals surface area contributed by atoms with Gasteiger partial charge < -0.3 is 9.64 Å². The molecule has 2 aliphatic rings. The molecule has 5 nitrogen and oxygen atoms in total. The Balaban J connectivity index is 2.00. The van der Waals surface area contributed by atoms with Gasteiger partial charge in [0.2, 0.25) is 5.96 Å². The number of nitrogens with zero attached hydrogens (tertiary/aromatic N) is 3. The first-order chi connectivity index (χ1) is 12.5. The number of halogens is 1. The highest BCUT2D eigenvalue weighted by molar-refractivity contribution is 6.45. The first-order valence-corrected chi connectivity index (χ1v) is 8.46. The molecule has 0 spiro atoms. The van der Waals surface area contributed by atoms with E-state index in [2.05, 4.69) is 9.98 Å². The summed E-state index contributed by atoms with van der Waals surface area (Å²) in [6.45, 7) is 0. The molecule has 0 N–H and O–H groups in total. The highest BCUT2D eigenvalue weighted by atomic mass is 35.5. The Kier molecular flexibility index (Phi) is 3.89. The van der Waals surface area contributed by atoms with Crippen LogP contribution in [0.25, 0.3) is 5.57 Å². The van der Waals surface area contributed by atoms with Gasteiger partial charge in [-0.2, -0.15) is 0 Å². The zero-order valence-electron chi connectivity index (χ0n) is 14.6. The van der Waals surface area contributed by atoms with Crippen LogP contribution < -0.4 is 4.74 Å². The summed E-state index contributed by atoms with van der Waals surface area (Å²) in [6, 6.07) is 12.7. The third-order valence-corrected chi connectivity index (χ3v) is 4.70. The second kappa shape index (κ2) is 6.11. The molecule has 0 radical (unpaired) electrons. The number of ketones is 1. The SMILES string of the molecule is COc1ccc(C2=C3N=C(N(C)C)N=C3c3ccccc3C2=O)c(Cl)c1. The number of carbonyl (C=O) groups excluding carboxylic acids is 1. The summed E-state index contributed by atoms with van der Waals surface area (Å²) in [5.74, 6) is 1.08. The minimum atomic E-state index is -0.106. The molecule has 130 valence electrons. The number of carbonyl (C=O) groups is 1. The maximum absolute atomic E-state index is 13.3. The standard InChI is InChI=1S/C20H16ClN3O2/c1-24(2)20-22-17-12-6-4-5-7-13(12)19(25)16(18(17)23-20)14-9-8-11(26-3)10-15(14)21/h4-10H,1-3H3. The van der Waals surface area contributed by atoms with Crippen LogP contribution >= 0.6 is 11.6 Å². The Labute approximate surface area is 156 Å². The van der Waals surface area contributed by atoms with Gasteiger partial charge in [0.05, 0.1) is 17.7 Å². The number of Topliss-reactive ketones (excluding diaryl/α,β-unsaturated/α-hetero) is 1. The van der Waals surface area contributed by atoms with Crippen molar-refractivity contribution in [3.8, 4) is 5.75 Å². The molecule has 1 heterocycles. The quantitative estimate of drug-likeness (QED) is 0.815. The van der Waals surface area contributed by atoms with Crippen LogP contribution in [0, 0.1) is 0 Å². The van der Waals surface area contributed by atoms with E-state index in [1.54, 1.807) is 25.3 Å². The van der Waals surface area contributed by atoms with Crippen LogP contribution in [0.1, 0.15) is 21.5 Å².